The van der Waals surface area contributed by atoms with Gasteiger partial charge in [0.05, 0.1) is 19.3 Å². The summed E-state index contributed by atoms with van der Waals surface area (Å²) in [5, 5.41) is 7.00. The van der Waals surface area contributed by atoms with E-state index in [0.29, 0.717) is 50.0 Å². The second-order valence-electron chi connectivity index (χ2n) is 15.7. The van der Waals surface area contributed by atoms with Crippen LogP contribution in [0.3, 0.4) is 0 Å². The Labute approximate surface area is 319 Å². The topological polar surface area (TPSA) is 201 Å². The summed E-state index contributed by atoms with van der Waals surface area (Å²) < 4.78 is 55.5. The van der Waals surface area contributed by atoms with Crippen molar-refractivity contribution in [3.05, 3.63) is 43.1 Å². The molecule has 4 amide bonds. The molecule has 2 saturated heterocycles. The number of aromatic nitrogens is 1. The van der Waals surface area contributed by atoms with Gasteiger partial charge < -0.3 is 34.5 Å². The third kappa shape index (κ3) is 8.90. The number of carbonyl (C=O) groups is 4. The van der Waals surface area contributed by atoms with Crippen molar-refractivity contribution in [1.82, 2.24) is 25.2 Å². The molecule has 1 aromatic carbocycles. The van der Waals surface area contributed by atoms with Gasteiger partial charge in [0.1, 0.15) is 35.1 Å². The summed E-state index contributed by atoms with van der Waals surface area (Å²) in [6.45, 7) is 11.2. The highest BCUT2D eigenvalue weighted by atomic mass is 32.2. The maximum Gasteiger partial charge on any atom is 0.408 e. The third-order valence-electron chi connectivity index (χ3n) is 10.3. The van der Waals surface area contributed by atoms with E-state index >= 15 is 0 Å². The second-order valence-corrected chi connectivity index (χ2v) is 17.0. The molecule has 0 radical (unpaired) electrons. The quantitative estimate of drug-likeness (QED) is 0.250. The van der Waals surface area contributed by atoms with Gasteiger partial charge in [-0.05, 0) is 95.4 Å². The van der Waals surface area contributed by atoms with Gasteiger partial charge in [-0.1, -0.05) is 6.08 Å². The zero-order chi connectivity index (χ0) is 39.1. The van der Waals surface area contributed by atoms with E-state index in [1.807, 2.05) is 10.8 Å². The maximum atomic E-state index is 14.7. The number of likely N-dealkylation sites (tertiary alicyclic amines) is 1. The second kappa shape index (κ2) is 15.0. The first kappa shape index (κ1) is 39.2. The van der Waals surface area contributed by atoms with Gasteiger partial charge >= 0.3 is 16.4 Å². The van der Waals surface area contributed by atoms with Crippen molar-refractivity contribution in [2.75, 3.05) is 26.9 Å². The molecule has 4 fully saturated rings. The van der Waals surface area contributed by atoms with Crippen molar-refractivity contribution in [3.63, 3.8) is 0 Å². The third-order valence-corrected chi connectivity index (χ3v) is 11.3. The number of fused-ring (bicyclic) bond motifs is 1. The van der Waals surface area contributed by atoms with Crippen LogP contribution < -0.4 is 24.8 Å². The summed E-state index contributed by atoms with van der Waals surface area (Å²) in [4.78, 5) is 61.5. The van der Waals surface area contributed by atoms with E-state index in [2.05, 4.69) is 22.2 Å². The normalized spacial score (nSPS) is 25.6. The number of pyridine rings is 1. The highest BCUT2D eigenvalue weighted by molar-refractivity contribution is 7.85. The molecular weight excluding hydrogens is 722 g/mol. The molecule has 1 aromatic heterocycles. The number of carbonyl (C=O) groups excluding carboxylic acids is 4. The van der Waals surface area contributed by atoms with Crippen molar-refractivity contribution >= 4 is 44.9 Å². The Morgan fingerprint density at radius 3 is 2.50 bits per heavy atom. The lowest BCUT2D eigenvalue weighted by molar-refractivity contribution is -0.142. The number of nitrogens with zero attached hydrogens (tertiary/aromatic N) is 2. The van der Waals surface area contributed by atoms with Crippen LogP contribution >= 0.6 is 0 Å². The van der Waals surface area contributed by atoms with Crippen LogP contribution in [-0.4, -0.2) is 104 Å². The van der Waals surface area contributed by atoms with Crippen molar-refractivity contribution in [2.24, 2.45) is 11.8 Å². The van der Waals surface area contributed by atoms with Crippen molar-refractivity contribution < 1.29 is 55.0 Å². The number of amides is 4. The van der Waals surface area contributed by atoms with E-state index in [-0.39, 0.29) is 35.5 Å². The molecule has 0 spiro atoms. The first-order chi connectivity index (χ1) is 25.4. The lowest BCUT2D eigenvalue weighted by Gasteiger charge is -2.35. The van der Waals surface area contributed by atoms with Crippen LogP contribution in [0.15, 0.2) is 43.1 Å². The van der Waals surface area contributed by atoms with Crippen LogP contribution in [-0.2, 0) is 38.3 Å². The van der Waals surface area contributed by atoms with E-state index in [4.69, 9.17) is 23.1 Å². The molecule has 0 bridgehead atoms. The largest absolute Gasteiger partial charge is 0.497 e. The molecule has 3 N–H and O–H groups in total. The van der Waals surface area contributed by atoms with Gasteiger partial charge in [-0.2, -0.15) is 8.42 Å². The molecule has 6 rings (SSSR count). The van der Waals surface area contributed by atoms with Gasteiger partial charge in [0.2, 0.25) is 17.7 Å². The number of alkyl carbamates (subject to hydrolysis) is 1. The van der Waals surface area contributed by atoms with E-state index in [1.165, 1.54) is 11.0 Å². The molecule has 17 heteroatoms. The summed E-state index contributed by atoms with van der Waals surface area (Å²) in [5.41, 5.74) is -3.38. The van der Waals surface area contributed by atoms with E-state index < -0.39 is 75.0 Å². The van der Waals surface area contributed by atoms with Crippen LogP contribution in [0.25, 0.3) is 10.8 Å². The average Bonchev–Trinajstić information content (AvgIpc) is 3.98. The number of hydrogen-bond donors (Lipinski definition) is 3. The Morgan fingerprint density at radius 2 is 1.87 bits per heavy atom. The SMILES string of the molecule is C=C[C@@H]1C[C@]1(NC(=O)[C@@H]1C[C@@H](Oc2nccc3cc(OC)ccc23)CN1C(=O)[C@@H](NC(=O)OC(C)(C)C)C1CCOCC1)C(=O)NS(=O)(=O)OC1(C)CC1.[HH].[HH].[HH]. The molecule has 2 aliphatic carbocycles. The monoisotopic (exact) mass is 777 g/mol. The zero-order valence-corrected chi connectivity index (χ0v) is 32.0. The molecule has 2 saturated carbocycles. The molecule has 2 aliphatic heterocycles. The number of ether oxygens (including phenoxy) is 4. The fourth-order valence-electron chi connectivity index (χ4n) is 7.01. The Bertz CT molecular complexity index is 1920. The highest BCUT2D eigenvalue weighted by Crippen LogP contribution is 2.46. The predicted octanol–water partition coefficient (Wildman–Crippen LogP) is 3.64. The number of benzene rings is 1. The van der Waals surface area contributed by atoms with Crippen LogP contribution in [0.4, 0.5) is 4.79 Å². The molecule has 3 heterocycles. The van der Waals surface area contributed by atoms with E-state index in [1.54, 1.807) is 59.2 Å². The zero-order valence-electron chi connectivity index (χ0n) is 31.2. The molecule has 54 heavy (non-hydrogen) atoms. The molecule has 2 aromatic rings. The first-order valence-corrected chi connectivity index (χ1v) is 19.6. The summed E-state index contributed by atoms with van der Waals surface area (Å²) >= 11 is 0. The highest BCUT2D eigenvalue weighted by Gasteiger charge is 2.62. The van der Waals surface area contributed by atoms with Gasteiger partial charge in [0.25, 0.3) is 5.91 Å². The molecule has 4 aliphatic rings. The Morgan fingerprint density at radius 1 is 1.15 bits per heavy atom. The minimum atomic E-state index is -4.49. The smallest absolute Gasteiger partial charge is 0.408 e. The van der Waals surface area contributed by atoms with E-state index in [0.717, 1.165) is 5.39 Å². The Hall–Kier alpha value is -4.48. The van der Waals surface area contributed by atoms with Crippen molar-refractivity contribution in [3.8, 4) is 11.6 Å². The standard InChI is InChI=1S/C37H49N5O11S.3H2/c1-7-24-20-37(24,33(45)41-54(47,48)53-36(5)13-14-36)40-30(43)28-19-26(51-31-27-9-8-25(49-6)18-23(27)10-15-38-31)21-42(28)32(44)29(22-11-16-50-17-12-22)39-34(46)52-35(2,3)4;;;/h7-10,15,18,22,24,26,28-29H,1,11-14,16-17,19-21H2,2-6H3,(H,39,46)(H,40,43)(H,41,45);3*1H/t24-,26-,28+,29+,37-;;;/m1.../s1. The van der Waals surface area contributed by atoms with Crippen LogP contribution in [0.5, 0.6) is 11.6 Å². The molecule has 0 unspecified atom stereocenters. The van der Waals surface area contributed by atoms with Gasteiger partial charge in [-0.3, -0.25) is 14.4 Å². The minimum Gasteiger partial charge on any atom is -0.497 e. The molecule has 5 atom stereocenters. The Kier molecular flexibility index (Phi) is 10.9. The lowest BCUT2D eigenvalue weighted by atomic mass is 9.90. The predicted molar refractivity (Wildman–Crippen MR) is 201 cm³/mol. The average molecular weight is 778 g/mol. The summed E-state index contributed by atoms with van der Waals surface area (Å²) in [7, 11) is -2.93. The lowest BCUT2D eigenvalue weighted by Crippen LogP contribution is -2.59. The number of nitrogens with one attached hydrogen (secondary N) is 3. The first-order valence-electron chi connectivity index (χ1n) is 18.1. The summed E-state index contributed by atoms with van der Waals surface area (Å²) in [6, 6.07) is 4.94. The molecular formula is C37H55N5O11S. The molecule has 300 valence electrons. The number of hydrogen-bond acceptors (Lipinski definition) is 12. The maximum absolute atomic E-state index is 14.7. The van der Waals surface area contributed by atoms with Crippen LogP contribution in [0.1, 0.15) is 70.5 Å². The number of methoxy groups -OCH3 is 1. The fraction of sp³-hybridized carbons (Fsp3) is 0.595. The van der Waals surface area contributed by atoms with Crippen molar-refractivity contribution in [1.29, 1.82) is 0 Å². The van der Waals surface area contributed by atoms with Gasteiger partial charge in [-0.15, -0.1) is 6.58 Å². The van der Waals surface area contributed by atoms with Gasteiger partial charge in [0.15, 0.2) is 0 Å². The van der Waals surface area contributed by atoms with Gasteiger partial charge in [0, 0.05) is 41.4 Å². The van der Waals surface area contributed by atoms with Crippen molar-refractivity contribution in [2.45, 2.75) is 101 Å². The summed E-state index contributed by atoms with van der Waals surface area (Å²) in [6.07, 6.45) is 3.58. The Balaban J connectivity index is 0.00000290. The van der Waals surface area contributed by atoms with Crippen LogP contribution in [0, 0.1) is 11.8 Å². The van der Waals surface area contributed by atoms with E-state index in [9.17, 15) is 27.6 Å². The van der Waals surface area contributed by atoms with Gasteiger partial charge in [-0.25, -0.2) is 18.7 Å². The molecule has 16 nitrogen and oxygen atoms in total. The number of rotatable bonds is 13. The summed E-state index contributed by atoms with van der Waals surface area (Å²) in [5.74, 6) is -2.23. The van der Waals surface area contributed by atoms with Crippen LogP contribution in [0.2, 0.25) is 0 Å². The fourth-order valence-corrected chi connectivity index (χ4v) is 8.16. The minimum absolute atomic E-state index is 0.